The average molecular weight is 368 g/mol. The highest BCUT2D eigenvalue weighted by Crippen LogP contribution is 2.31. The number of fused-ring (bicyclic) bond motifs is 1. The number of aryl methyl sites for hydroxylation is 1. The summed E-state index contributed by atoms with van der Waals surface area (Å²) in [7, 11) is 0. The van der Waals surface area contributed by atoms with Crippen LogP contribution in [-0.4, -0.2) is 30.0 Å². The molecule has 0 unspecified atom stereocenters. The minimum Gasteiger partial charge on any atom is -0.469 e. The van der Waals surface area contributed by atoms with E-state index in [0.717, 1.165) is 11.8 Å². The smallest absolute Gasteiger partial charge is 0.453 e. The van der Waals surface area contributed by atoms with Crippen molar-refractivity contribution in [2.24, 2.45) is 0 Å². The lowest BCUT2D eigenvalue weighted by Gasteiger charge is -2.03. The molecule has 8 nitrogen and oxygen atoms in total. The molecule has 4 aromatic heterocycles. The number of halogens is 3. The zero-order valence-electron chi connectivity index (χ0n) is 12.4. The number of aromatic nitrogens is 6. The molecule has 0 saturated heterocycles. The number of nitrogens with zero attached hydrogens (tertiary/aromatic N) is 6. The third-order valence-corrected chi connectivity index (χ3v) is 3.95. The van der Waals surface area contributed by atoms with Crippen LogP contribution in [0.3, 0.4) is 0 Å². The van der Waals surface area contributed by atoms with Gasteiger partial charge in [0.25, 0.3) is 16.9 Å². The van der Waals surface area contributed by atoms with Crippen LogP contribution in [0.1, 0.15) is 11.6 Å². The van der Waals surface area contributed by atoms with Crippen LogP contribution in [0.25, 0.3) is 17.1 Å². The summed E-state index contributed by atoms with van der Waals surface area (Å²) in [5.41, 5.74) is 0.623. The second kappa shape index (κ2) is 5.58. The van der Waals surface area contributed by atoms with E-state index in [2.05, 4.69) is 25.5 Å². The van der Waals surface area contributed by atoms with Crippen molar-refractivity contribution in [3.8, 4) is 11.5 Å². The molecule has 0 atom stereocenters. The predicted molar refractivity (Wildman–Crippen MR) is 76.6 cm³/mol. The Labute approximate surface area is 141 Å². The number of furan rings is 1. The zero-order valence-corrected chi connectivity index (χ0v) is 13.2. The largest absolute Gasteiger partial charge is 0.469 e. The van der Waals surface area contributed by atoms with Gasteiger partial charge in [-0.15, -0.1) is 20.4 Å². The summed E-state index contributed by atoms with van der Waals surface area (Å²) in [6.07, 6.45) is -3.17. The van der Waals surface area contributed by atoms with Crippen LogP contribution in [0, 0.1) is 6.92 Å². The minimum atomic E-state index is -4.66. The molecule has 0 amide bonds. The summed E-state index contributed by atoms with van der Waals surface area (Å²) in [5.74, 6) is -0.348. The first-order valence-electron chi connectivity index (χ1n) is 6.77. The van der Waals surface area contributed by atoms with Gasteiger partial charge in [0.15, 0.2) is 5.65 Å². The molecule has 12 heteroatoms. The van der Waals surface area contributed by atoms with Gasteiger partial charge < -0.3 is 8.83 Å². The summed E-state index contributed by atoms with van der Waals surface area (Å²) in [6, 6.07) is 4.53. The van der Waals surface area contributed by atoms with Crippen molar-refractivity contribution in [1.82, 2.24) is 30.0 Å². The molecule has 4 aromatic rings. The predicted octanol–water partition coefficient (Wildman–Crippen LogP) is 3.25. The number of hydrogen-bond donors (Lipinski definition) is 0. The first-order valence-corrected chi connectivity index (χ1v) is 7.59. The highest BCUT2D eigenvalue weighted by molar-refractivity contribution is 7.99. The Morgan fingerprint density at radius 3 is 2.64 bits per heavy atom. The van der Waals surface area contributed by atoms with E-state index in [4.69, 9.17) is 8.83 Å². The zero-order chi connectivity index (χ0) is 17.6. The van der Waals surface area contributed by atoms with E-state index in [1.807, 2.05) is 0 Å². The monoisotopic (exact) mass is 368 g/mol. The summed E-state index contributed by atoms with van der Waals surface area (Å²) in [4.78, 5) is 0. The van der Waals surface area contributed by atoms with Crippen LogP contribution >= 0.6 is 11.8 Å². The average Bonchev–Trinajstić information content (AvgIpc) is 3.25. The van der Waals surface area contributed by atoms with Crippen LogP contribution in [-0.2, 0) is 6.18 Å². The second-order valence-electron chi connectivity index (χ2n) is 4.83. The fourth-order valence-corrected chi connectivity index (χ4v) is 2.70. The molecule has 0 N–H and O–H groups in total. The fraction of sp³-hybridized carbons (Fsp3) is 0.154. The summed E-state index contributed by atoms with van der Waals surface area (Å²) < 4.78 is 49.9. The summed E-state index contributed by atoms with van der Waals surface area (Å²) in [6.45, 7) is 1.74. The van der Waals surface area contributed by atoms with Gasteiger partial charge >= 0.3 is 6.18 Å². The Morgan fingerprint density at radius 2 is 1.92 bits per heavy atom. The Hall–Kier alpha value is -2.89. The quantitative estimate of drug-likeness (QED) is 0.544. The molecule has 0 fully saturated rings. The first kappa shape index (κ1) is 15.6. The lowest BCUT2D eigenvalue weighted by Crippen LogP contribution is -2.12. The van der Waals surface area contributed by atoms with Crippen LogP contribution in [0.2, 0.25) is 0 Å². The van der Waals surface area contributed by atoms with Gasteiger partial charge in [-0.05, 0) is 36.9 Å². The third kappa shape index (κ3) is 2.84. The van der Waals surface area contributed by atoms with E-state index >= 15 is 0 Å². The highest BCUT2D eigenvalue weighted by atomic mass is 32.2. The molecule has 0 aliphatic carbocycles. The van der Waals surface area contributed by atoms with Crippen LogP contribution < -0.4 is 0 Å². The molecule has 0 radical (unpaired) electrons. The van der Waals surface area contributed by atoms with Crippen molar-refractivity contribution in [3.05, 3.63) is 36.0 Å². The topological polar surface area (TPSA) is 95.1 Å². The van der Waals surface area contributed by atoms with E-state index in [1.165, 1.54) is 18.4 Å². The number of hydrogen-bond acceptors (Lipinski definition) is 8. The number of rotatable bonds is 3. The minimum absolute atomic E-state index is 0.0167. The fourth-order valence-electron chi connectivity index (χ4n) is 2.06. The van der Waals surface area contributed by atoms with E-state index < -0.39 is 12.0 Å². The van der Waals surface area contributed by atoms with Crippen molar-refractivity contribution in [1.29, 1.82) is 0 Å². The Bertz CT molecular complexity index is 1050. The molecule has 0 bridgehead atoms. The maximum atomic E-state index is 12.9. The van der Waals surface area contributed by atoms with Crippen molar-refractivity contribution in [3.63, 3.8) is 0 Å². The first-order chi connectivity index (χ1) is 11.9. The Kier molecular flexibility index (Phi) is 3.49. The van der Waals surface area contributed by atoms with Crippen molar-refractivity contribution in [2.75, 3.05) is 0 Å². The van der Waals surface area contributed by atoms with Gasteiger partial charge in [0, 0.05) is 0 Å². The maximum absolute atomic E-state index is 12.9. The van der Waals surface area contributed by atoms with Gasteiger partial charge in [0.2, 0.25) is 0 Å². The van der Waals surface area contributed by atoms with E-state index in [0.29, 0.717) is 15.8 Å². The van der Waals surface area contributed by atoms with Gasteiger partial charge in [-0.3, -0.25) is 0 Å². The number of alkyl halides is 3. The van der Waals surface area contributed by atoms with Crippen molar-refractivity contribution in [2.45, 2.75) is 23.3 Å². The van der Waals surface area contributed by atoms with Crippen LogP contribution in [0.5, 0.6) is 0 Å². The van der Waals surface area contributed by atoms with Crippen molar-refractivity contribution < 1.29 is 22.0 Å². The second-order valence-corrected chi connectivity index (χ2v) is 5.80. The molecule has 25 heavy (non-hydrogen) atoms. The SMILES string of the molecule is Cc1occc1-c1nnc(Sc2ccc3nnc(C(F)(F)F)n3n2)o1. The van der Waals surface area contributed by atoms with Crippen LogP contribution in [0.15, 0.2) is 43.5 Å². The van der Waals surface area contributed by atoms with Crippen molar-refractivity contribution >= 4 is 17.4 Å². The molecule has 128 valence electrons. The summed E-state index contributed by atoms with van der Waals surface area (Å²) in [5, 5.41) is 18.5. The van der Waals surface area contributed by atoms with E-state index in [1.54, 1.807) is 13.0 Å². The molecule has 0 spiro atoms. The molecule has 0 saturated carbocycles. The Balaban J connectivity index is 1.65. The molecule has 0 aromatic carbocycles. The van der Waals surface area contributed by atoms with Gasteiger partial charge in [-0.1, -0.05) is 0 Å². The molecule has 0 aliphatic heterocycles. The highest BCUT2D eigenvalue weighted by Gasteiger charge is 2.37. The molecular formula is C13H7F3N6O2S. The molecule has 4 rings (SSSR count). The van der Waals surface area contributed by atoms with E-state index in [-0.39, 0.29) is 21.8 Å². The Morgan fingerprint density at radius 1 is 1.08 bits per heavy atom. The normalized spacial score (nSPS) is 12.2. The van der Waals surface area contributed by atoms with Gasteiger partial charge in [0.1, 0.15) is 10.8 Å². The lowest BCUT2D eigenvalue weighted by molar-refractivity contribution is -0.146. The molecule has 0 aliphatic rings. The standard InChI is InChI=1S/C13H7F3N6O2S/c1-6-7(4-5-23-6)10-18-20-12(24-10)25-9-3-2-8-17-19-11(13(14,15)16)22(8)21-9/h2-5H,1H3. The summed E-state index contributed by atoms with van der Waals surface area (Å²) >= 11 is 0.923. The maximum Gasteiger partial charge on any atom is 0.453 e. The third-order valence-electron chi connectivity index (χ3n) is 3.18. The molecule has 4 heterocycles. The van der Waals surface area contributed by atoms with Gasteiger partial charge in [-0.25, -0.2) is 0 Å². The van der Waals surface area contributed by atoms with Crippen LogP contribution in [0.4, 0.5) is 13.2 Å². The van der Waals surface area contributed by atoms with Gasteiger partial charge in [-0.2, -0.15) is 22.8 Å². The molecular weight excluding hydrogens is 361 g/mol. The lowest BCUT2D eigenvalue weighted by atomic mass is 10.3. The van der Waals surface area contributed by atoms with Gasteiger partial charge in [0.05, 0.1) is 11.8 Å². The van der Waals surface area contributed by atoms with E-state index in [9.17, 15) is 13.2 Å².